The van der Waals surface area contributed by atoms with Crippen LogP contribution in [0.1, 0.15) is 46.7 Å². The van der Waals surface area contributed by atoms with Crippen molar-refractivity contribution in [3.63, 3.8) is 0 Å². The molecule has 0 saturated heterocycles. The van der Waals surface area contributed by atoms with Gasteiger partial charge in [0.05, 0.1) is 6.10 Å². The normalized spacial score (nSPS) is 14.4. The molecule has 2 atom stereocenters. The number of nitrogens with one attached hydrogen (secondary N) is 1. The maximum absolute atomic E-state index is 5.61. The Hall–Kier alpha value is -1.32. The molecular formula is C14H25N3O. The van der Waals surface area contributed by atoms with Crippen molar-refractivity contribution in [2.45, 2.75) is 60.1 Å². The quantitative estimate of drug-likeness (QED) is 0.841. The minimum atomic E-state index is 0.124. The predicted molar refractivity (Wildman–Crippen MR) is 75.1 cm³/mol. The fourth-order valence-corrected chi connectivity index (χ4v) is 1.61. The predicted octanol–water partition coefficient (Wildman–Crippen LogP) is 3.42. The highest BCUT2D eigenvalue weighted by Gasteiger charge is 2.12. The Morgan fingerprint density at radius 3 is 2.44 bits per heavy atom. The Balaban J connectivity index is 2.79. The van der Waals surface area contributed by atoms with Gasteiger partial charge in [-0.15, -0.1) is 0 Å². The van der Waals surface area contributed by atoms with Crippen molar-refractivity contribution < 1.29 is 4.74 Å². The van der Waals surface area contributed by atoms with E-state index < -0.39 is 0 Å². The van der Waals surface area contributed by atoms with Crippen LogP contribution in [0.25, 0.3) is 0 Å². The Labute approximate surface area is 110 Å². The van der Waals surface area contributed by atoms with Crippen LogP contribution in [0.15, 0.2) is 6.07 Å². The molecule has 0 aliphatic rings. The zero-order chi connectivity index (χ0) is 13.7. The number of ether oxygens (including phenoxy) is 1. The van der Waals surface area contributed by atoms with E-state index in [0.29, 0.717) is 23.8 Å². The van der Waals surface area contributed by atoms with Gasteiger partial charge in [0.2, 0.25) is 11.8 Å². The van der Waals surface area contributed by atoms with E-state index >= 15 is 0 Å². The van der Waals surface area contributed by atoms with Gasteiger partial charge in [0.15, 0.2) is 0 Å². The van der Waals surface area contributed by atoms with Crippen LogP contribution in [0.3, 0.4) is 0 Å². The zero-order valence-electron chi connectivity index (χ0n) is 12.3. The summed E-state index contributed by atoms with van der Waals surface area (Å²) in [7, 11) is 0. The van der Waals surface area contributed by atoms with Crippen LogP contribution in [0, 0.1) is 12.8 Å². The number of rotatable bonds is 6. The maximum atomic E-state index is 5.61. The minimum absolute atomic E-state index is 0.124. The number of aryl methyl sites for hydroxylation is 1. The highest BCUT2D eigenvalue weighted by Crippen LogP contribution is 2.16. The molecule has 1 aromatic rings. The molecule has 18 heavy (non-hydrogen) atoms. The molecule has 0 aliphatic carbocycles. The Kier molecular flexibility index (Phi) is 5.38. The van der Waals surface area contributed by atoms with Gasteiger partial charge in [-0.05, 0) is 33.6 Å². The Bertz CT molecular complexity index is 379. The molecule has 1 rings (SSSR count). The molecule has 0 fully saturated rings. The number of hydrogen-bond acceptors (Lipinski definition) is 4. The SMILES string of the molecule is CCC(C)C(C)Nc1nc(C)cc(OC(C)C)n1. The van der Waals surface area contributed by atoms with E-state index in [-0.39, 0.29) is 6.10 Å². The minimum Gasteiger partial charge on any atom is -0.475 e. The van der Waals surface area contributed by atoms with Crippen LogP contribution in [-0.2, 0) is 0 Å². The standard InChI is InChI=1S/C14H25N3O/c1-7-10(4)12(6)16-14-15-11(5)8-13(17-14)18-9(2)3/h8-10,12H,7H2,1-6H3,(H,15,16,17). The lowest BCUT2D eigenvalue weighted by Crippen LogP contribution is -2.24. The summed E-state index contributed by atoms with van der Waals surface area (Å²) in [5.41, 5.74) is 0.916. The second kappa shape index (κ2) is 6.57. The summed E-state index contributed by atoms with van der Waals surface area (Å²) >= 11 is 0. The van der Waals surface area contributed by atoms with Crippen LogP contribution in [0.5, 0.6) is 5.88 Å². The van der Waals surface area contributed by atoms with Gasteiger partial charge < -0.3 is 10.1 Å². The van der Waals surface area contributed by atoms with E-state index in [9.17, 15) is 0 Å². The third-order valence-electron chi connectivity index (χ3n) is 3.04. The highest BCUT2D eigenvalue weighted by molar-refractivity contribution is 5.31. The van der Waals surface area contributed by atoms with E-state index in [2.05, 4.69) is 36.1 Å². The molecule has 0 amide bonds. The van der Waals surface area contributed by atoms with Gasteiger partial charge in [0, 0.05) is 17.8 Å². The molecule has 0 aromatic carbocycles. The molecule has 0 bridgehead atoms. The average Bonchev–Trinajstić information content (AvgIpc) is 2.25. The maximum Gasteiger partial charge on any atom is 0.226 e. The summed E-state index contributed by atoms with van der Waals surface area (Å²) in [5, 5.41) is 3.34. The van der Waals surface area contributed by atoms with E-state index in [1.807, 2.05) is 26.8 Å². The summed E-state index contributed by atoms with van der Waals surface area (Å²) in [4.78, 5) is 8.78. The van der Waals surface area contributed by atoms with E-state index in [4.69, 9.17) is 4.74 Å². The fourth-order valence-electron chi connectivity index (χ4n) is 1.61. The largest absolute Gasteiger partial charge is 0.475 e. The van der Waals surface area contributed by atoms with Crippen molar-refractivity contribution in [2.24, 2.45) is 5.92 Å². The van der Waals surface area contributed by atoms with Gasteiger partial charge in [-0.3, -0.25) is 0 Å². The molecule has 0 radical (unpaired) electrons. The van der Waals surface area contributed by atoms with Gasteiger partial charge >= 0.3 is 0 Å². The van der Waals surface area contributed by atoms with Gasteiger partial charge in [0.25, 0.3) is 0 Å². The summed E-state index contributed by atoms with van der Waals surface area (Å²) in [6.07, 6.45) is 1.26. The molecular weight excluding hydrogens is 226 g/mol. The molecule has 0 aliphatic heterocycles. The lowest BCUT2D eigenvalue weighted by atomic mass is 10.0. The molecule has 1 aromatic heterocycles. The topological polar surface area (TPSA) is 47.0 Å². The molecule has 0 spiro atoms. The van der Waals surface area contributed by atoms with Crippen LogP contribution in [-0.4, -0.2) is 22.1 Å². The molecule has 1 N–H and O–H groups in total. The van der Waals surface area contributed by atoms with E-state index in [1.165, 1.54) is 0 Å². The van der Waals surface area contributed by atoms with Crippen molar-refractivity contribution in [3.8, 4) is 5.88 Å². The summed E-state index contributed by atoms with van der Waals surface area (Å²) in [5.74, 6) is 1.87. The Morgan fingerprint density at radius 2 is 1.89 bits per heavy atom. The number of aromatic nitrogens is 2. The van der Waals surface area contributed by atoms with Gasteiger partial charge in [-0.2, -0.15) is 4.98 Å². The molecule has 4 heteroatoms. The van der Waals surface area contributed by atoms with Crippen molar-refractivity contribution in [1.29, 1.82) is 0 Å². The lowest BCUT2D eigenvalue weighted by Gasteiger charge is -2.20. The monoisotopic (exact) mass is 251 g/mol. The average molecular weight is 251 g/mol. The van der Waals surface area contributed by atoms with Crippen LogP contribution in [0.4, 0.5) is 5.95 Å². The summed E-state index contributed by atoms with van der Waals surface area (Å²) in [6, 6.07) is 2.21. The Morgan fingerprint density at radius 1 is 1.22 bits per heavy atom. The number of anilines is 1. The molecule has 0 saturated carbocycles. The van der Waals surface area contributed by atoms with Crippen LogP contribution < -0.4 is 10.1 Å². The van der Waals surface area contributed by atoms with Crippen LogP contribution in [0.2, 0.25) is 0 Å². The third-order valence-corrected chi connectivity index (χ3v) is 3.04. The van der Waals surface area contributed by atoms with Crippen molar-refractivity contribution in [1.82, 2.24) is 9.97 Å². The lowest BCUT2D eigenvalue weighted by molar-refractivity contribution is 0.232. The van der Waals surface area contributed by atoms with Gasteiger partial charge in [0.1, 0.15) is 0 Å². The molecule has 2 unspecified atom stereocenters. The second-order valence-corrected chi connectivity index (χ2v) is 5.16. The first kappa shape index (κ1) is 14.7. The number of nitrogens with zero attached hydrogens (tertiary/aromatic N) is 2. The highest BCUT2D eigenvalue weighted by atomic mass is 16.5. The van der Waals surface area contributed by atoms with Crippen molar-refractivity contribution in [2.75, 3.05) is 5.32 Å². The van der Waals surface area contributed by atoms with E-state index in [0.717, 1.165) is 12.1 Å². The first-order valence-corrected chi connectivity index (χ1v) is 6.71. The first-order chi connectivity index (χ1) is 8.42. The van der Waals surface area contributed by atoms with E-state index in [1.54, 1.807) is 0 Å². The van der Waals surface area contributed by atoms with Crippen molar-refractivity contribution in [3.05, 3.63) is 11.8 Å². The van der Waals surface area contributed by atoms with Gasteiger partial charge in [-0.25, -0.2) is 4.98 Å². The third kappa shape index (κ3) is 4.51. The molecule has 102 valence electrons. The molecule has 4 nitrogen and oxygen atoms in total. The zero-order valence-corrected chi connectivity index (χ0v) is 12.3. The summed E-state index contributed by atoms with van der Waals surface area (Å²) < 4.78 is 5.61. The van der Waals surface area contributed by atoms with Crippen molar-refractivity contribution >= 4 is 5.95 Å². The van der Waals surface area contributed by atoms with Gasteiger partial charge in [-0.1, -0.05) is 20.3 Å². The fraction of sp³-hybridized carbons (Fsp3) is 0.714. The first-order valence-electron chi connectivity index (χ1n) is 6.71. The van der Waals surface area contributed by atoms with Crippen LogP contribution >= 0.6 is 0 Å². The smallest absolute Gasteiger partial charge is 0.226 e. The summed E-state index contributed by atoms with van der Waals surface area (Å²) in [6.45, 7) is 12.5. The molecule has 1 heterocycles. The number of hydrogen-bond donors (Lipinski definition) is 1. The second-order valence-electron chi connectivity index (χ2n) is 5.16.